The van der Waals surface area contributed by atoms with Crippen molar-refractivity contribution in [1.29, 1.82) is 0 Å². The second-order valence-corrected chi connectivity index (χ2v) is 5.16. The maximum atomic E-state index is 4.22. The molecule has 0 saturated carbocycles. The van der Waals surface area contributed by atoms with Crippen LogP contribution in [0.2, 0.25) is 0 Å². The molecule has 0 fully saturated rings. The number of nitrogens with zero attached hydrogens (tertiary/aromatic N) is 3. The van der Waals surface area contributed by atoms with E-state index < -0.39 is 0 Å². The first kappa shape index (κ1) is 12.9. The van der Waals surface area contributed by atoms with E-state index in [1.165, 1.54) is 22.0 Å². The third-order valence-corrected chi connectivity index (χ3v) is 3.67. The summed E-state index contributed by atoms with van der Waals surface area (Å²) in [5, 5.41) is 8.78. The van der Waals surface area contributed by atoms with E-state index in [0.717, 1.165) is 19.5 Å². The number of benzene rings is 1. The van der Waals surface area contributed by atoms with E-state index in [4.69, 9.17) is 0 Å². The first-order chi connectivity index (χ1) is 9.78. The van der Waals surface area contributed by atoms with Crippen LogP contribution in [0.5, 0.6) is 0 Å². The van der Waals surface area contributed by atoms with Crippen molar-refractivity contribution in [2.24, 2.45) is 7.05 Å². The topological polar surface area (TPSA) is 34.8 Å². The van der Waals surface area contributed by atoms with Crippen molar-refractivity contribution in [2.75, 3.05) is 7.05 Å². The highest BCUT2D eigenvalue weighted by Gasteiger charge is 2.05. The number of rotatable bonds is 5. The molecule has 0 aliphatic heterocycles. The van der Waals surface area contributed by atoms with Gasteiger partial charge in [-0.1, -0.05) is 12.1 Å². The van der Waals surface area contributed by atoms with Crippen molar-refractivity contribution in [3.8, 4) is 0 Å². The summed E-state index contributed by atoms with van der Waals surface area (Å²) < 4.78 is 4.18. The Morgan fingerprint density at radius 3 is 2.90 bits per heavy atom. The summed E-state index contributed by atoms with van der Waals surface area (Å²) in [4.78, 5) is 0. The molecule has 0 saturated heterocycles. The standard InChI is InChI=1S/C16H20N4/c1-17-11-14-4-3-5-16-15(14)7-9-20(16)8-6-13-10-18-19(2)12-13/h3-5,7,9-10,12,17H,6,8,11H2,1-2H3. The van der Waals surface area contributed by atoms with Crippen molar-refractivity contribution >= 4 is 10.9 Å². The summed E-state index contributed by atoms with van der Waals surface area (Å²) in [6, 6.07) is 8.73. The van der Waals surface area contributed by atoms with Gasteiger partial charge in [-0.3, -0.25) is 4.68 Å². The molecule has 1 aromatic carbocycles. The molecule has 3 rings (SSSR count). The fraction of sp³-hybridized carbons (Fsp3) is 0.312. The van der Waals surface area contributed by atoms with Crippen LogP contribution in [0.3, 0.4) is 0 Å². The molecule has 20 heavy (non-hydrogen) atoms. The lowest BCUT2D eigenvalue weighted by Gasteiger charge is -2.06. The Morgan fingerprint density at radius 1 is 1.25 bits per heavy atom. The molecule has 0 atom stereocenters. The van der Waals surface area contributed by atoms with Gasteiger partial charge >= 0.3 is 0 Å². The van der Waals surface area contributed by atoms with Gasteiger partial charge in [-0.15, -0.1) is 0 Å². The molecule has 0 unspecified atom stereocenters. The van der Waals surface area contributed by atoms with E-state index in [9.17, 15) is 0 Å². The van der Waals surface area contributed by atoms with Gasteiger partial charge in [-0.25, -0.2) is 0 Å². The van der Waals surface area contributed by atoms with E-state index in [0.29, 0.717) is 0 Å². The zero-order valence-corrected chi connectivity index (χ0v) is 12.0. The van der Waals surface area contributed by atoms with Crippen LogP contribution in [0.1, 0.15) is 11.1 Å². The van der Waals surface area contributed by atoms with Gasteiger partial charge in [-0.2, -0.15) is 5.10 Å². The van der Waals surface area contributed by atoms with E-state index in [1.807, 2.05) is 25.0 Å². The minimum atomic E-state index is 0.907. The Morgan fingerprint density at radius 2 is 2.15 bits per heavy atom. The maximum absolute atomic E-state index is 4.22. The number of fused-ring (bicyclic) bond motifs is 1. The quantitative estimate of drug-likeness (QED) is 0.771. The molecule has 3 aromatic rings. The first-order valence-electron chi connectivity index (χ1n) is 6.97. The number of aryl methyl sites for hydroxylation is 3. The molecule has 0 amide bonds. The molecule has 2 heterocycles. The van der Waals surface area contributed by atoms with Crippen molar-refractivity contribution in [2.45, 2.75) is 19.5 Å². The van der Waals surface area contributed by atoms with Gasteiger partial charge in [0.15, 0.2) is 0 Å². The SMILES string of the molecule is CNCc1cccc2c1ccn2CCc1cnn(C)c1. The van der Waals surface area contributed by atoms with Crippen LogP contribution >= 0.6 is 0 Å². The average molecular weight is 268 g/mol. The van der Waals surface area contributed by atoms with Crippen LogP contribution in [-0.4, -0.2) is 21.4 Å². The van der Waals surface area contributed by atoms with Crippen LogP contribution in [0, 0.1) is 0 Å². The monoisotopic (exact) mass is 268 g/mol. The van der Waals surface area contributed by atoms with Crippen LogP contribution in [-0.2, 0) is 26.6 Å². The minimum Gasteiger partial charge on any atom is -0.347 e. The predicted molar refractivity (Wildman–Crippen MR) is 81.6 cm³/mol. The molecule has 2 aromatic heterocycles. The van der Waals surface area contributed by atoms with Gasteiger partial charge in [-0.05, 0) is 36.7 Å². The average Bonchev–Trinajstić information content (AvgIpc) is 3.04. The third-order valence-electron chi connectivity index (χ3n) is 3.67. The summed E-state index contributed by atoms with van der Waals surface area (Å²) in [5.74, 6) is 0. The first-order valence-corrected chi connectivity index (χ1v) is 6.97. The van der Waals surface area contributed by atoms with E-state index in [1.54, 1.807) is 0 Å². The van der Waals surface area contributed by atoms with Crippen LogP contribution in [0.15, 0.2) is 42.9 Å². The molecule has 1 N–H and O–H groups in total. The summed E-state index contributed by atoms with van der Waals surface area (Å²) in [7, 11) is 3.94. The lowest BCUT2D eigenvalue weighted by atomic mass is 10.1. The predicted octanol–water partition coefficient (Wildman–Crippen LogP) is 2.34. The number of aromatic nitrogens is 3. The fourth-order valence-corrected chi connectivity index (χ4v) is 2.68. The van der Waals surface area contributed by atoms with Crippen LogP contribution in [0.4, 0.5) is 0 Å². The lowest BCUT2D eigenvalue weighted by molar-refractivity contribution is 0.720. The summed E-state index contributed by atoms with van der Waals surface area (Å²) in [5.41, 5.74) is 3.94. The van der Waals surface area contributed by atoms with Crippen molar-refractivity contribution < 1.29 is 0 Å². The van der Waals surface area contributed by atoms with E-state index in [-0.39, 0.29) is 0 Å². The van der Waals surface area contributed by atoms with Gasteiger partial charge in [0.05, 0.1) is 6.20 Å². The highest BCUT2D eigenvalue weighted by atomic mass is 15.2. The number of hydrogen-bond donors (Lipinski definition) is 1. The lowest BCUT2D eigenvalue weighted by Crippen LogP contribution is -2.05. The number of nitrogens with one attached hydrogen (secondary N) is 1. The van der Waals surface area contributed by atoms with Crippen LogP contribution in [0.25, 0.3) is 10.9 Å². The summed E-state index contributed by atoms with van der Waals surface area (Å²) in [6.45, 7) is 1.89. The van der Waals surface area contributed by atoms with Crippen molar-refractivity contribution in [3.05, 3.63) is 54.0 Å². The van der Waals surface area contributed by atoms with E-state index in [2.05, 4.69) is 51.6 Å². The summed E-state index contributed by atoms with van der Waals surface area (Å²) >= 11 is 0. The molecule has 4 nitrogen and oxygen atoms in total. The number of hydrogen-bond acceptors (Lipinski definition) is 2. The van der Waals surface area contributed by atoms with Gasteiger partial charge in [0, 0.05) is 43.4 Å². The van der Waals surface area contributed by atoms with Crippen molar-refractivity contribution in [1.82, 2.24) is 19.7 Å². The summed E-state index contributed by atoms with van der Waals surface area (Å²) in [6.07, 6.45) is 7.21. The zero-order chi connectivity index (χ0) is 13.9. The molecule has 0 radical (unpaired) electrons. The molecular formula is C16H20N4. The van der Waals surface area contributed by atoms with Crippen molar-refractivity contribution in [3.63, 3.8) is 0 Å². The normalized spacial score (nSPS) is 11.3. The second kappa shape index (κ2) is 5.51. The molecule has 0 aliphatic rings. The smallest absolute Gasteiger partial charge is 0.0522 e. The maximum Gasteiger partial charge on any atom is 0.0522 e. The van der Waals surface area contributed by atoms with Gasteiger partial charge < -0.3 is 9.88 Å². The fourth-order valence-electron chi connectivity index (χ4n) is 2.68. The molecule has 0 aliphatic carbocycles. The van der Waals surface area contributed by atoms with Gasteiger partial charge in [0.1, 0.15) is 0 Å². The third kappa shape index (κ3) is 2.47. The Kier molecular flexibility index (Phi) is 3.56. The Labute approximate surface area is 119 Å². The molecular weight excluding hydrogens is 248 g/mol. The molecule has 4 heteroatoms. The second-order valence-electron chi connectivity index (χ2n) is 5.16. The Hall–Kier alpha value is -2.07. The molecule has 104 valence electrons. The van der Waals surface area contributed by atoms with Gasteiger partial charge in [0.25, 0.3) is 0 Å². The largest absolute Gasteiger partial charge is 0.347 e. The van der Waals surface area contributed by atoms with Crippen LogP contribution < -0.4 is 5.32 Å². The Bertz CT molecular complexity index is 708. The zero-order valence-electron chi connectivity index (χ0n) is 12.0. The highest BCUT2D eigenvalue weighted by molar-refractivity contribution is 5.83. The highest BCUT2D eigenvalue weighted by Crippen LogP contribution is 2.20. The molecule has 0 bridgehead atoms. The van der Waals surface area contributed by atoms with E-state index >= 15 is 0 Å². The molecule has 0 spiro atoms. The Balaban J connectivity index is 1.83. The minimum absolute atomic E-state index is 0.907. The van der Waals surface area contributed by atoms with Gasteiger partial charge in [0.2, 0.25) is 0 Å².